The van der Waals surface area contributed by atoms with Crippen LogP contribution in [-0.4, -0.2) is 81.9 Å². The lowest BCUT2D eigenvalue weighted by atomic mass is 9.93. The molecule has 1 amide bonds. The van der Waals surface area contributed by atoms with Crippen LogP contribution >= 0.6 is 0 Å². The lowest BCUT2D eigenvalue weighted by Crippen LogP contribution is -2.60. The second-order valence-electron chi connectivity index (χ2n) is 7.42. The third-order valence-corrected chi connectivity index (χ3v) is 5.75. The van der Waals surface area contributed by atoms with E-state index in [9.17, 15) is 25.2 Å². The highest BCUT2D eigenvalue weighted by atomic mass is 16.7. The number of aliphatic hydroxyl groups excluding tert-OH is 4. The maximum atomic E-state index is 12.5. The van der Waals surface area contributed by atoms with Crippen molar-refractivity contribution in [2.24, 2.45) is 4.99 Å². The van der Waals surface area contributed by atoms with Gasteiger partial charge in [-0.15, -0.1) is 0 Å². The molecule has 152 valence electrons. The monoisotopic (exact) mass is 400 g/mol. The highest BCUT2D eigenvalue weighted by Gasteiger charge is 2.46. The molecule has 9 nitrogen and oxygen atoms in total. The third-order valence-electron chi connectivity index (χ3n) is 5.75. The van der Waals surface area contributed by atoms with Crippen LogP contribution < -0.4 is 9.64 Å². The first kappa shape index (κ1) is 18.5. The zero-order chi connectivity index (χ0) is 20.3. The lowest BCUT2D eigenvalue weighted by molar-refractivity contribution is -0.277. The molecule has 1 saturated heterocycles. The number of aliphatic hydroxyl groups is 4. The van der Waals surface area contributed by atoms with Crippen LogP contribution in [0.3, 0.4) is 0 Å². The first-order valence-electron chi connectivity index (χ1n) is 9.36. The topological polar surface area (TPSA) is 132 Å². The average molecular weight is 400 g/mol. The van der Waals surface area contributed by atoms with Crippen LogP contribution in [0.1, 0.15) is 5.56 Å². The molecule has 1 aromatic rings. The second-order valence-corrected chi connectivity index (χ2v) is 7.42. The van der Waals surface area contributed by atoms with Crippen LogP contribution in [-0.2, 0) is 9.53 Å². The molecule has 0 aliphatic carbocycles. The first-order chi connectivity index (χ1) is 14.0. The number of ether oxygens (including phenoxy) is 2. The molecule has 1 aromatic carbocycles. The Labute approximate surface area is 165 Å². The van der Waals surface area contributed by atoms with E-state index in [4.69, 9.17) is 9.47 Å². The van der Waals surface area contributed by atoms with E-state index in [0.717, 1.165) is 11.1 Å². The molecule has 2 unspecified atom stereocenters. The van der Waals surface area contributed by atoms with Crippen LogP contribution in [0, 0.1) is 0 Å². The summed E-state index contributed by atoms with van der Waals surface area (Å²) in [5.41, 5.74) is 2.55. The molecule has 4 aliphatic rings. The number of carbonyl (C=O) groups is 1. The Morgan fingerprint density at radius 2 is 2.00 bits per heavy atom. The predicted octanol–water partition coefficient (Wildman–Crippen LogP) is -1.01. The Balaban J connectivity index is 1.46. The van der Waals surface area contributed by atoms with Crippen molar-refractivity contribution in [1.82, 2.24) is 0 Å². The van der Waals surface area contributed by atoms with Crippen molar-refractivity contribution >= 4 is 23.4 Å². The summed E-state index contributed by atoms with van der Waals surface area (Å²) in [6.45, 7) is -0.541. The number of anilines is 1. The SMILES string of the molecule is O=C1C=CC2N=CC=C3c4ccc(O[C@@H]5O[C@H](CO)[C@@H](O)[C@H](O)[C@H]5O)cc4N1C32. The molecule has 5 rings (SSSR count). The minimum Gasteiger partial charge on any atom is -0.462 e. The molecule has 29 heavy (non-hydrogen) atoms. The second kappa shape index (κ2) is 6.75. The van der Waals surface area contributed by atoms with Crippen LogP contribution in [0.25, 0.3) is 5.57 Å². The van der Waals surface area contributed by atoms with Crippen LogP contribution in [0.2, 0.25) is 0 Å². The molecule has 0 spiro atoms. The molecule has 1 fully saturated rings. The molecule has 4 N–H and O–H groups in total. The van der Waals surface area contributed by atoms with E-state index in [1.54, 1.807) is 29.3 Å². The van der Waals surface area contributed by atoms with Crippen molar-refractivity contribution in [2.75, 3.05) is 11.5 Å². The number of hydrogen-bond donors (Lipinski definition) is 4. The molecule has 0 saturated carbocycles. The fraction of sp³-hybridized carbons (Fsp3) is 0.400. The number of amides is 1. The van der Waals surface area contributed by atoms with Crippen molar-refractivity contribution in [3.05, 3.63) is 42.0 Å². The fourth-order valence-electron chi connectivity index (χ4n) is 4.28. The minimum atomic E-state index is -1.53. The van der Waals surface area contributed by atoms with Crippen LogP contribution in [0.5, 0.6) is 5.75 Å². The zero-order valence-corrected chi connectivity index (χ0v) is 15.2. The summed E-state index contributed by atoms with van der Waals surface area (Å²) < 4.78 is 11.1. The van der Waals surface area contributed by atoms with Gasteiger partial charge in [-0.25, -0.2) is 0 Å². The molecule has 0 bridgehead atoms. The maximum Gasteiger partial charge on any atom is 0.251 e. The van der Waals surface area contributed by atoms with Crippen molar-refractivity contribution in [1.29, 1.82) is 0 Å². The number of benzene rings is 1. The van der Waals surface area contributed by atoms with Gasteiger partial charge in [0.15, 0.2) is 0 Å². The Kier molecular flexibility index (Phi) is 4.30. The zero-order valence-electron chi connectivity index (χ0n) is 15.2. The number of fused-ring (bicyclic) bond motifs is 3. The molecular formula is C20H20N2O7. The molecule has 7 atom stereocenters. The number of rotatable bonds is 3. The summed E-state index contributed by atoms with van der Waals surface area (Å²) >= 11 is 0. The summed E-state index contributed by atoms with van der Waals surface area (Å²) in [6.07, 6.45) is 0.0779. The van der Waals surface area contributed by atoms with E-state index in [1.807, 2.05) is 12.1 Å². The summed E-state index contributed by atoms with van der Waals surface area (Å²) in [7, 11) is 0. The molecule has 0 aromatic heterocycles. The number of carbonyl (C=O) groups excluding carboxylic acids is 1. The summed E-state index contributed by atoms with van der Waals surface area (Å²) in [4.78, 5) is 18.6. The quantitative estimate of drug-likeness (QED) is 0.511. The standard InChI is InChI=1S/C20H20N2O7/c23-8-14-17(25)18(26)19(27)20(29-14)28-9-1-2-10-11-5-6-21-12-3-4-15(24)22(16(11)12)13(10)7-9/h1-7,12,14,16-20,23,25-27H,8H2/t12?,14-,16?,17-,18+,19-,20-/m1/s1. The van der Waals surface area contributed by atoms with Gasteiger partial charge in [0.1, 0.15) is 30.2 Å². The summed E-state index contributed by atoms with van der Waals surface area (Å²) in [6, 6.07) is 4.83. The highest BCUT2D eigenvalue weighted by molar-refractivity contribution is 6.13. The lowest BCUT2D eigenvalue weighted by Gasteiger charge is -2.39. The molecule has 4 aliphatic heterocycles. The van der Waals surface area contributed by atoms with Crippen molar-refractivity contribution in [3.8, 4) is 5.75 Å². The largest absolute Gasteiger partial charge is 0.462 e. The Hall–Kier alpha value is -2.56. The van der Waals surface area contributed by atoms with Crippen LogP contribution in [0.15, 0.2) is 41.4 Å². The van der Waals surface area contributed by atoms with Gasteiger partial charge in [0.05, 0.1) is 24.4 Å². The van der Waals surface area contributed by atoms with Gasteiger partial charge in [0.2, 0.25) is 6.29 Å². The number of dihydropyridines is 1. The van der Waals surface area contributed by atoms with Gasteiger partial charge in [-0.05, 0) is 23.8 Å². The van der Waals surface area contributed by atoms with Gasteiger partial charge in [-0.2, -0.15) is 0 Å². The summed E-state index contributed by atoms with van der Waals surface area (Å²) in [5, 5.41) is 39.3. The number of nitrogens with zero attached hydrogens (tertiary/aromatic N) is 2. The van der Waals surface area contributed by atoms with E-state index in [2.05, 4.69) is 4.99 Å². The molecular weight excluding hydrogens is 380 g/mol. The Morgan fingerprint density at radius 3 is 2.79 bits per heavy atom. The smallest absolute Gasteiger partial charge is 0.251 e. The molecule has 4 heterocycles. The van der Waals surface area contributed by atoms with Crippen molar-refractivity contribution in [3.63, 3.8) is 0 Å². The van der Waals surface area contributed by atoms with E-state index in [-0.39, 0.29) is 18.0 Å². The van der Waals surface area contributed by atoms with E-state index in [1.165, 1.54) is 6.08 Å². The van der Waals surface area contributed by atoms with Crippen molar-refractivity contribution in [2.45, 2.75) is 42.8 Å². The van der Waals surface area contributed by atoms with E-state index >= 15 is 0 Å². The average Bonchev–Trinajstić information content (AvgIpc) is 3.07. The van der Waals surface area contributed by atoms with E-state index in [0.29, 0.717) is 11.4 Å². The van der Waals surface area contributed by atoms with Gasteiger partial charge in [0.25, 0.3) is 5.91 Å². The number of aliphatic imine (C=N–C) groups is 1. The van der Waals surface area contributed by atoms with Gasteiger partial charge in [-0.1, -0.05) is 6.08 Å². The number of allylic oxidation sites excluding steroid dienone is 1. The van der Waals surface area contributed by atoms with Gasteiger partial charge in [0, 0.05) is 23.9 Å². The Bertz CT molecular complexity index is 941. The van der Waals surface area contributed by atoms with Crippen LogP contribution in [0.4, 0.5) is 5.69 Å². The minimum absolute atomic E-state index is 0.144. The van der Waals surface area contributed by atoms with Gasteiger partial charge >= 0.3 is 0 Å². The highest BCUT2D eigenvalue weighted by Crippen LogP contribution is 2.46. The number of hydrogen-bond acceptors (Lipinski definition) is 8. The Morgan fingerprint density at radius 1 is 1.17 bits per heavy atom. The molecule has 9 heteroatoms. The van der Waals surface area contributed by atoms with Gasteiger partial charge < -0.3 is 29.9 Å². The van der Waals surface area contributed by atoms with Gasteiger partial charge in [-0.3, -0.25) is 14.7 Å². The maximum absolute atomic E-state index is 12.5. The third kappa shape index (κ3) is 2.74. The fourth-order valence-corrected chi connectivity index (χ4v) is 4.28. The normalized spacial score (nSPS) is 37.2. The first-order valence-corrected chi connectivity index (χ1v) is 9.36. The predicted molar refractivity (Wildman–Crippen MR) is 102 cm³/mol. The summed E-state index contributed by atoms with van der Waals surface area (Å²) in [5.74, 6) is 0.158. The van der Waals surface area contributed by atoms with E-state index < -0.39 is 37.3 Å². The van der Waals surface area contributed by atoms with Crippen molar-refractivity contribution < 1.29 is 34.7 Å². The molecule has 0 radical (unpaired) electrons.